The Morgan fingerprint density at radius 2 is 1.75 bits per heavy atom. The molecule has 3 aromatic carbocycles. The largest absolute Gasteiger partial charge is 0.496 e. The number of methoxy groups -OCH3 is 1. The molecule has 0 saturated carbocycles. The molecule has 4 rings (SSSR count). The van der Waals surface area contributed by atoms with Crippen LogP contribution in [0.4, 0.5) is 8.78 Å². The van der Waals surface area contributed by atoms with Crippen LogP contribution in [0.15, 0.2) is 54.6 Å². The van der Waals surface area contributed by atoms with Crippen LogP contribution in [-0.4, -0.2) is 70.8 Å². The molecule has 0 radical (unpaired) electrons. The average molecular weight is 759 g/mol. The third-order valence-corrected chi connectivity index (χ3v) is 9.86. The monoisotopic (exact) mass is 757 g/mol. The lowest BCUT2D eigenvalue weighted by Crippen LogP contribution is -2.44. The molecule has 4 atom stereocenters. The first-order valence-electron chi connectivity index (χ1n) is 17.4. The van der Waals surface area contributed by atoms with Crippen LogP contribution in [-0.2, 0) is 26.1 Å². The molecular weight excluding hydrogens is 711 g/mol. The number of nitrogens with zero attached hydrogens (tertiary/aromatic N) is 1. The summed E-state index contributed by atoms with van der Waals surface area (Å²) in [6, 6.07) is 13.8. The number of carbonyl (C=O) groups is 2. The molecule has 0 aliphatic carbocycles. The molecule has 1 aliphatic heterocycles. The van der Waals surface area contributed by atoms with Gasteiger partial charge in [-0.2, -0.15) is 5.26 Å². The van der Waals surface area contributed by atoms with Crippen molar-refractivity contribution in [1.82, 2.24) is 10.6 Å². The van der Waals surface area contributed by atoms with Crippen molar-refractivity contribution >= 4 is 34.8 Å². The van der Waals surface area contributed by atoms with Gasteiger partial charge in [0.1, 0.15) is 22.8 Å². The number of nitrogens with one attached hydrogen (secondary N) is 2. The third kappa shape index (κ3) is 9.75. The van der Waals surface area contributed by atoms with Crippen LogP contribution in [0.1, 0.15) is 73.0 Å². The molecule has 0 spiro atoms. The van der Waals surface area contributed by atoms with Crippen LogP contribution in [0.25, 0.3) is 0 Å². The fraction of sp³-hybridized carbons (Fsp3) is 0.475. The Bertz CT molecular complexity index is 1760. The lowest BCUT2D eigenvalue weighted by Gasteiger charge is -2.37. The number of benzene rings is 3. The summed E-state index contributed by atoms with van der Waals surface area (Å²) in [5.41, 5.74) is -1.17. The Labute approximate surface area is 315 Å². The molecule has 1 fully saturated rings. The van der Waals surface area contributed by atoms with Gasteiger partial charge >= 0.3 is 0 Å². The van der Waals surface area contributed by atoms with Crippen LogP contribution >= 0.6 is 23.2 Å². The number of likely N-dealkylation sites (N-methyl/N-ethyl adjacent to an activating group) is 1. The van der Waals surface area contributed by atoms with Crippen molar-refractivity contribution < 1.29 is 32.6 Å². The summed E-state index contributed by atoms with van der Waals surface area (Å²) in [6.07, 6.45) is 0.955. The number of ether oxygens (including phenoxy) is 3. The van der Waals surface area contributed by atoms with Crippen LogP contribution in [0, 0.1) is 28.4 Å². The molecule has 1 saturated heterocycles. The van der Waals surface area contributed by atoms with Gasteiger partial charge in [-0.15, -0.1) is 0 Å². The molecule has 12 heteroatoms. The highest BCUT2D eigenvalue weighted by Crippen LogP contribution is 2.53. The summed E-state index contributed by atoms with van der Waals surface area (Å²) >= 11 is 12.4. The van der Waals surface area contributed by atoms with E-state index in [1.807, 2.05) is 27.8 Å². The average Bonchev–Trinajstić information content (AvgIpc) is 3.41. The zero-order valence-electron chi connectivity index (χ0n) is 30.3. The maximum Gasteiger partial charge on any atom is 0.163 e. The Kier molecular flexibility index (Phi) is 14.7. The minimum atomic E-state index is -1.74. The molecule has 2 N–H and O–H groups in total. The lowest BCUT2D eigenvalue weighted by atomic mass is 9.62. The van der Waals surface area contributed by atoms with Crippen molar-refractivity contribution in [2.24, 2.45) is 5.41 Å². The zero-order chi connectivity index (χ0) is 38.1. The van der Waals surface area contributed by atoms with Crippen molar-refractivity contribution in [3.8, 4) is 11.8 Å². The standard InChI is InChI=1S/C40H47Cl2F2N3O5/c1-39(2,3)23-35-40(24-45,29-14-13-27(41)22-31(29)43)36(28-8-6-9-30(42)37(28)44)38(47-35)33(49)20-26-12-11-25(21-34(26)50-5)32(48)10-7-16-51-18-19-52-17-15-46-4/h6,8-9,11-14,21-22,35-36,38,46-47H,7,10,15-20,23H2,1-5H3/t35-,36-,38-,40-/m0/s1. The van der Waals surface area contributed by atoms with Crippen molar-refractivity contribution in [2.75, 3.05) is 47.1 Å². The number of halogens is 4. The second kappa shape index (κ2) is 18.6. The predicted octanol–water partition coefficient (Wildman–Crippen LogP) is 7.63. The van der Waals surface area contributed by atoms with Crippen molar-refractivity contribution in [2.45, 2.75) is 69.9 Å². The van der Waals surface area contributed by atoms with Crippen molar-refractivity contribution in [1.29, 1.82) is 5.26 Å². The van der Waals surface area contributed by atoms with E-state index >= 15 is 8.78 Å². The SMILES string of the molecule is CNCCOCCOCCCC(=O)c1ccc(CC(=O)[C@@H]2N[C@@H](CC(C)(C)C)[C@](C#N)(c3ccc(Cl)cc3F)[C@H]2c2cccc(Cl)c2F)c(OC)c1. The van der Waals surface area contributed by atoms with Gasteiger partial charge in [0.15, 0.2) is 11.6 Å². The van der Waals surface area contributed by atoms with E-state index in [-0.39, 0.29) is 51.0 Å². The first kappa shape index (κ1) is 41.3. The molecule has 1 aliphatic rings. The second-order valence-electron chi connectivity index (χ2n) is 14.2. The van der Waals surface area contributed by atoms with Crippen LogP contribution in [0.3, 0.4) is 0 Å². The van der Waals surface area contributed by atoms with Crippen molar-refractivity contribution in [3.05, 3.63) is 98.5 Å². The first-order chi connectivity index (χ1) is 24.8. The fourth-order valence-electron chi connectivity index (χ4n) is 6.95. The summed E-state index contributed by atoms with van der Waals surface area (Å²) in [4.78, 5) is 27.5. The highest BCUT2D eigenvalue weighted by atomic mass is 35.5. The molecule has 0 unspecified atom stereocenters. The van der Waals surface area contributed by atoms with Crippen LogP contribution in [0.5, 0.6) is 5.75 Å². The highest BCUT2D eigenvalue weighted by Gasteiger charge is 2.60. The first-order valence-corrected chi connectivity index (χ1v) is 18.1. The number of hydrogen-bond donors (Lipinski definition) is 2. The van der Waals surface area contributed by atoms with E-state index in [0.717, 1.165) is 12.6 Å². The second-order valence-corrected chi connectivity index (χ2v) is 15.1. The Hall–Kier alpha value is -3.43. The Balaban J connectivity index is 1.63. The van der Waals surface area contributed by atoms with E-state index in [1.54, 1.807) is 24.3 Å². The zero-order valence-corrected chi connectivity index (χ0v) is 31.8. The normalized spacial score (nSPS) is 20.1. The lowest BCUT2D eigenvalue weighted by molar-refractivity contribution is -0.120. The maximum atomic E-state index is 16.0. The van der Waals surface area contributed by atoms with Crippen LogP contribution in [0.2, 0.25) is 10.0 Å². The van der Waals surface area contributed by atoms with E-state index in [1.165, 1.54) is 31.4 Å². The van der Waals surface area contributed by atoms with Gasteiger partial charge in [-0.05, 0) is 55.1 Å². The number of rotatable bonds is 18. The molecule has 8 nitrogen and oxygen atoms in total. The fourth-order valence-corrected chi connectivity index (χ4v) is 7.29. The quantitative estimate of drug-likeness (QED) is 0.101. The van der Waals surface area contributed by atoms with Gasteiger partial charge in [-0.1, -0.05) is 74.3 Å². The van der Waals surface area contributed by atoms with Gasteiger partial charge in [0.2, 0.25) is 0 Å². The summed E-state index contributed by atoms with van der Waals surface area (Å²) in [7, 11) is 3.30. The Morgan fingerprint density at radius 1 is 1.02 bits per heavy atom. The molecule has 3 aromatic rings. The van der Waals surface area contributed by atoms with E-state index in [0.29, 0.717) is 56.1 Å². The summed E-state index contributed by atoms with van der Waals surface area (Å²) < 4.78 is 48.6. The van der Waals surface area contributed by atoms with E-state index in [4.69, 9.17) is 37.4 Å². The topological polar surface area (TPSA) is 110 Å². The molecule has 52 heavy (non-hydrogen) atoms. The molecule has 0 bridgehead atoms. The van der Waals surface area contributed by atoms with Gasteiger partial charge in [-0.25, -0.2) is 8.78 Å². The number of carbonyl (C=O) groups excluding carboxylic acids is 2. The maximum absolute atomic E-state index is 16.0. The molecular formula is C40H47Cl2F2N3O5. The molecule has 0 amide bonds. The molecule has 0 aromatic heterocycles. The molecule has 1 heterocycles. The summed E-state index contributed by atoms with van der Waals surface area (Å²) in [5.74, 6) is -2.85. The van der Waals surface area contributed by atoms with Crippen LogP contribution < -0.4 is 15.4 Å². The smallest absolute Gasteiger partial charge is 0.163 e. The highest BCUT2D eigenvalue weighted by molar-refractivity contribution is 6.31. The third-order valence-electron chi connectivity index (χ3n) is 9.33. The Morgan fingerprint density at radius 3 is 2.40 bits per heavy atom. The van der Waals surface area contributed by atoms with E-state index in [9.17, 15) is 14.9 Å². The van der Waals surface area contributed by atoms with Gasteiger partial charge in [0.05, 0.1) is 44.1 Å². The number of Topliss-reactive ketones (excluding diaryl/α,β-unsaturated/α-hetero) is 2. The number of nitriles is 1. The van der Waals surface area contributed by atoms with Gasteiger partial charge in [-0.3, -0.25) is 9.59 Å². The molecule has 280 valence electrons. The summed E-state index contributed by atoms with van der Waals surface area (Å²) in [5, 5.41) is 17.4. The van der Waals surface area contributed by atoms with E-state index in [2.05, 4.69) is 16.7 Å². The van der Waals surface area contributed by atoms with Gasteiger partial charge in [0, 0.05) is 59.7 Å². The number of hydrogen-bond acceptors (Lipinski definition) is 8. The minimum Gasteiger partial charge on any atom is -0.496 e. The van der Waals surface area contributed by atoms with E-state index < -0.39 is 35.1 Å². The minimum absolute atomic E-state index is 0.00419. The van der Waals surface area contributed by atoms with Crippen molar-refractivity contribution in [3.63, 3.8) is 0 Å². The van der Waals surface area contributed by atoms with Gasteiger partial charge < -0.3 is 24.8 Å². The number of ketones is 2. The predicted molar refractivity (Wildman–Crippen MR) is 198 cm³/mol. The van der Waals surface area contributed by atoms with Gasteiger partial charge in [0.25, 0.3) is 0 Å². The summed E-state index contributed by atoms with van der Waals surface area (Å²) in [6.45, 7) is 8.61.